The maximum Gasteiger partial charge on any atom is 0.247 e. The van der Waals surface area contributed by atoms with Crippen molar-refractivity contribution in [3.05, 3.63) is 29.8 Å². The van der Waals surface area contributed by atoms with Gasteiger partial charge in [-0.15, -0.1) is 0 Å². The third-order valence-electron chi connectivity index (χ3n) is 6.18. The Labute approximate surface area is 181 Å². The van der Waals surface area contributed by atoms with Gasteiger partial charge in [0.2, 0.25) is 10.0 Å². The average molecular weight is 437 g/mol. The molecule has 30 heavy (non-hydrogen) atoms. The number of nitrogens with zero attached hydrogens (tertiary/aromatic N) is 2. The molecule has 1 aliphatic carbocycles. The van der Waals surface area contributed by atoms with Gasteiger partial charge >= 0.3 is 0 Å². The van der Waals surface area contributed by atoms with Crippen molar-refractivity contribution >= 4 is 15.6 Å². The molecule has 3 atom stereocenters. The van der Waals surface area contributed by atoms with Crippen molar-refractivity contribution in [3.8, 4) is 5.75 Å². The van der Waals surface area contributed by atoms with Gasteiger partial charge in [0.1, 0.15) is 16.7 Å². The number of hydrogen-bond acceptors (Lipinski definition) is 5. The van der Waals surface area contributed by atoms with Crippen LogP contribution in [0.2, 0.25) is 0 Å². The first-order valence-electron chi connectivity index (χ1n) is 11.1. The molecule has 168 valence electrons. The van der Waals surface area contributed by atoms with E-state index >= 15 is 0 Å². The molecule has 1 aromatic rings. The Morgan fingerprint density at radius 3 is 2.77 bits per heavy atom. The third kappa shape index (κ3) is 4.90. The standard InChI is InChI=1S/C23H36N2O4S/c1-5-12-24(4)15-22-17(2)14-25(18(3)16-26)30(27,28)23-11-10-20(13-21(23)29-22)19-8-6-7-9-19/h8,10-11,13,17-18,22,26H,5-7,9,12,14-16H2,1-4H3/t17-,18+,22-/m0/s1. The predicted molar refractivity (Wildman–Crippen MR) is 120 cm³/mol. The second-order valence-electron chi connectivity index (χ2n) is 8.79. The Hall–Kier alpha value is -1.41. The molecule has 0 bridgehead atoms. The summed E-state index contributed by atoms with van der Waals surface area (Å²) in [4.78, 5) is 2.43. The summed E-state index contributed by atoms with van der Waals surface area (Å²) in [5, 5.41) is 9.73. The van der Waals surface area contributed by atoms with Gasteiger partial charge < -0.3 is 14.7 Å². The van der Waals surface area contributed by atoms with Crippen molar-refractivity contribution < 1.29 is 18.3 Å². The number of sulfonamides is 1. The largest absolute Gasteiger partial charge is 0.487 e. The minimum absolute atomic E-state index is 0.0180. The molecule has 0 radical (unpaired) electrons. The van der Waals surface area contributed by atoms with Gasteiger partial charge in [0, 0.05) is 25.0 Å². The van der Waals surface area contributed by atoms with Gasteiger partial charge in [0.15, 0.2) is 0 Å². The molecule has 1 heterocycles. The SMILES string of the molecule is CCCN(C)C[C@@H]1Oc2cc(C3=CCCC3)ccc2S(=O)(=O)N([C@H](C)CO)C[C@@H]1C. The number of fused-ring (bicyclic) bond motifs is 1. The predicted octanol–water partition coefficient (Wildman–Crippen LogP) is 3.36. The summed E-state index contributed by atoms with van der Waals surface area (Å²) in [5.74, 6) is 0.410. The van der Waals surface area contributed by atoms with E-state index < -0.39 is 16.1 Å². The zero-order chi connectivity index (χ0) is 21.9. The molecule has 1 aliphatic heterocycles. The number of rotatable bonds is 7. The second-order valence-corrected chi connectivity index (χ2v) is 10.6. The normalized spacial score (nSPS) is 25.2. The third-order valence-corrected chi connectivity index (χ3v) is 8.20. The number of likely N-dealkylation sites (N-methyl/N-ethyl adjacent to an activating group) is 1. The van der Waals surface area contributed by atoms with Gasteiger partial charge in [0.05, 0.1) is 6.61 Å². The molecule has 7 heteroatoms. The fourth-order valence-electron chi connectivity index (χ4n) is 4.36. The summed E-state index contributed by atoms with van der Waals surface area (Å²) < 4.78 is 34.9. The van der Waals surface area contributed by atoms with E-state index in [1.165, 1.54) is 9.88 Å². The van der Waals surface area contributed by atoms with Gasteiger partial charge in [-0.2, -0.15) is 4.31 Å². The first kappa shape index (κ1) is 23.3. The summed E-state index contributed by atoms with van der Waals surface area (Å²) in [6.45, 7) is 7.72. The van der Waals surface area contributed by atoms with Crippen LogP contribution in [0.25, 0.3) is 5.57 Å². The van der Waals surface area contributed by atoms with Crippen LogP contribution in [-0.4, -0.2) is 68.2 Å². The molecule has 0 unspecified atom stereocenters. The van der Waals surface area contributed by atoms with E-state index in [1.807, 2.05) is 19.1 Å². The number of allylic oxidation sites excluding steroid dienone is 2. The molecule has 0 spiro atoms. The van der Waals surface area contributed by atoms with Crippen molar-refractivity contribution in [1.82, 2.24) is 9.21 Å². The van der Waals surface area contributed by atoms with Crippen LogP contribution < -0.4 is 4.74 Å². The quantitative estimate of drug-likeness (QED) is 0.710. The van der Waals surface area contributed by atoms with Crippen molar-refractivity contribution in [3.63, 3.8) is 0 Å². The van der Waals surface area contributed by atoms with Crippen molar-refractivity contribution in [1.29, 1.82) is 0 Å². The molecule has 1 aromatic carbocycles. The van der Waals surface area contributed by atoms with Crippen molar-refractivity contribution in [2.24, 2.45) is 5.92 Å². The molecule has 0 fully saturated rings. The lowest BCUT2D eigenvalue weighted by Crippen LogP contribution is -2.49. The number of aliphatic hydroxyl groups excluding tert-OH is 1. The van der Waals surface area contributed by atoms with Crippen LogP contribution in [0, 0.1) is 5.92 Å². The van der Waals surface area contributed by atoms with Gasteiger partial charge in [-0.05, 0) is 69.5 Å². The van der Waals surface area contributed by atoms with E-state index in [0.717, 1.165) is 44.3 Å². The van der Waals surface area contributed by atoms with E-state index in [4.69, 9.17) is 4.74 Å². The Bertz CT molecular complexity index is 868. The van der Waals surface area contributed by atoms with Gasteiger partial charge in [-0.25, -0.2) is 8.42 Å². The topological polar surface area (TPSA) is 70.1 Å². The Kier molecular flexibility index (Phi) is 7.61. The Morgan fingerprint density at radius 1 is 1.37 bits per heavy atom. The Balaban J connectivity index is 2.06. The lowest BCUT2D eigenvalue weighted by atomic mass is 10.0. The summed E-state index contributed by atoms with van der Waals surface area (Å²) in [7, 11) is -1.70. The molecule has 6 nitrogen and oxygen atoms in total. The van der Waals surface area contributed by atoms with E-state index in [9.17, 15) is 13.5 Å². The van der Waals surface area contributed by atoms with Crippen LogP contribution in [0.5, 0.6) is 5.75 Å². The second kappa shape index (κ2) is 9.81. The lowest BCUT2D eigenvalue weighted by Gasteiger charge is -2.37. The highest BCUT2D eigenvalue weighted by Gasteiger charge is 2.38. The molecule has 0 amide bonds. The number of hydrogen-bond donors (Lipinski definition) is 1. The van der Waals surface area contributed by atoms with Gasteiger partial charge in [0.25, 0.3) is 0 Å². The van der Waals surface area contributed by atoms with Crippen molar-refractivity contribution in [2.45, 2.75) is 63.5 Å². The van der Waals surface area contributed by atoms with E-state index in [0.29, 0.717) is 12.3 Å². The molecule has 0 aromatic heterocycles. The number of benzene rings is 1. The molecule has 3 rings (SSSR count). The molecule has 2 aliphatic rings. The smallest absolute Gasteiger partial charge is 0.247 e. The highest BCUT2D eigenvalue weighted by atomic mass is 32.2. The average Bonchev–Trinajstić information content (AvgIpc) is 3.25. The summed E-state index contributed by atoms with van der Waals surface area (Å²) in [6, 6.07) is 4.98. The molecule has 0 saturated carbocycles. The first-order valence-corrected chi connectivity index (χ1v) is 12.5. The first-order chi connectivity index (χ1) is 14.3. The fraction of sp³-hybridized carbons (Fsp3) is 0.652. The van der Waals surface area contributed by atoms with Gasteiger partial charge in [-0.3, -0.25) is 0 Å². The zero-order valence-corrected chi connectivity index (χ0v) is 19.5. The van der Waals surface area contributed by atoms with Crippen LogP contribution >= 0.6 is 0 Å². The molecular formula is C23H36N2O4S. The lowest BCUT2D eigenvalue weighted by molar-refractivity contribution is 0.0752. The van der Waals surface area contributed by atoms with E-state index in [-0.39, 0.29) is 23.5 Å². The van der Waals surface area contributed by atoms with Gasteiger partial charge in [-0.1, -0.05) is 26.0 Å². The maximum atomic E-state index is 13.5. The minimum atomic E-state index is -3.77. The number of aliphatic hydroxyl groups is 1. The fourth-order valence-corrected chi connectivity index (χ4v) is 6.18. The van der Waals surface area contributed by atoms with Crippen LogP contribution in [0.15, 0.2) is 29.2 Å². The van der Waals surface area contributed by atoms with Crippen LogP contribution in [0.3, 0.4) is 0 Å². The number of ether oxygens (including phenoxy) is 1. The molecule has 1 N–H and O–H groups in total. The summed E-state index contributed by atoms with van der Waals surface area (Å²) >= 11 is 0. The summed E-state index contributed by atoms with van der Waals surface area (Å²) in [6.07, 6.45) is 6.35. The molecule has 0 saturated heterocycles. The highest BCUT2D eigenvalue weighted by molar-refractivity contribution is 7.89. The Morgan fingerprint density at radius 2 is 2.13 bits per heavy atom. The highest BCUT2D eigenvalue weighted by Crippen LogP contribution is 2.37. The monoisotopic (exact) mass is 436 g/mol. The summed E-state index contributed by atoms with van der Waals surface area (Å²) in [5.41, 5.74) is 2.30. The van der Waals surface area contributed by atoms with Crippen LogP contribution in [0.4, 0.5) is 0 Å². The van der Waals surface area contributed by atoms with E-state index in [2.05, 4.69) is 24.9 Å². The van der Waals surface area contributed by atoms with Crippen LogP contribution in [0.1, 0.15) is 52.0 Å². The molecular weight excluding hydrogens is 400 g/mol. The maximum absolute atomic E-state index is 13.5. The van der Waals surface area contributed by atoms with Crippen LogP contribution in [-0.2, 0) is 10.0 Å². The zero-order valence-electron chi connectivity index (χ0n) is 18.7. The minimum Gasteiger partial charge on any atom is -0.487 e. The van der Waals surface area contributed by atoms with Crippen molar-refractivity contribution in [2.75, 3.05) is 33.3 Å². The van der Waals surface area contributed by atoms with E-state index in [1.54, 1.807) is 13.0 Å².